The van der Waals surface area contributed by atoms with Crippen molar-refractivity contribution in [2.75, 3.05) is 19.6 Å². The summed E-state index contributed by atoms with van der Waals surface area (Å²) in [5, 5.41) is 4.24. The van der Waals surface area contributed by atoms with Crippen LogP contribution < -0.4 is 0 Å². The Kier molecular flexibility index (Phi) is 4.01. The van der Waals surface area contributed by atoms with Gasteiger partial charge in [0.15, 0.2) is 0 Å². The van der Waals surface area contributed by atoms with Gasteiger partial charge in [0, 0.05) is 31.0 Å². The van der Waals surface area contributed by atoms with Crippen molar-refractivity contribution in [1.82, 2.24) is 14.7 Å². The molecular weight excluding hydrogens is 272 g/mol. The Labute approximate surface area is 123 Å². The molecule has 0 bridgehead atoms. The Morgan fingerprint density at radius 1 is 1.10 bits per heavy atom. The summed E-state index contributed by atoms with van der Waals surface area (Å²) >= 11 is 0. The van der Waals surface area contributed by atoms with Gasteiger partial charge in [-0.05, 0) is 18.9 Å². The largest absolute Gasteiger partial charge is 0.297 e. The van der Waals surface area contributed by atoms with Gasteiger partial charge in [-0.3, -0.25) is 9.58 Å². The van der Waals surface area contributed by atoms with Crippen LogP contribution in [0.25, 0.3) is 0 Å². The van der Waals surface area contributed by atoms with Gasteiger partial charge in [-0.1, -0.05) is 30.3 Å². The topological polar surface area (TPSA) is 21.1 Å². The predicted molar refractivity (Wildman–Crippen MR) is 77.3 cm³/mol. The molecule has 1 aromatic carbocycles. The average Bonchev–Trinajstić information content (AvgIpc) is 3.03. The molecule has 3 rings (SSSR count). The van der Waals surface area contributed by atoms with Crippen molar-refractivity contribution in [3.63, 3.8) is 0 Å². The fourth-order valence-electron chi connectivity index (χ4n) is 2.89. The summed E-state index contributed by atoms with van der Waals surface area (Å²) in [6.45, 7) is 1.17. The van der Waals surface area contributed by atoms with E-state index < -0.39 is 5.92 Å². The summed E-state index contributed by atoms with van der Waals surface area (Å²) in [4.78, 5) is 1.85. The van der Waals surface area contributed by atoms with Gasteiger partial charge in [-0.15, -0.1) is 0 Å². The lowest BCUT2D eigenvalue weighted by Gasteiger charge is -2.34. The summed E-state index contributed by atoms with van der Waals surface area (Å²) in [5.74, 6) is -2.79. The van der Waals surface area contributed by atoms with E-state index in [-0.39, 0.29) is 12.1 Å². The Hall–Kier alpha value is -1.75. The van der Waals surface area contributed by atoms with Crippen LogP contribution in [0.15, 0.2) is 48.8 Å². The quantitative estimate of drug-likeness (QED) is 0.861. The van der Waals surface area contributed by atoms with E-state index in [1.807, 2.05) is 21.8 Å². The van der Waals surface area contributed by atoms with E-state index in [1.54, 1.807) is 24.4 Å². The van der Waals surface area contributed by atoms with Crippen LogP contribution in [-0.4, -0.2) is 34.3 Å². The number of rotatable bonds is 4. The molecule has 21 heavy (non-hydrogen) atoms. The van der Waals surface area contributed by atoms with Gasteiger partial charge < -0.3 is 0 Å². The zero-order valence-corrected chi connectivity index (χ0v) is 11.8. The Balaban J connectivity index is 1.58. The zero-order valence-electron chi connectivity index (χ0n) is 11.8. The first-order valence-corrected chi connectivity index (χ1v) is 7.30. The van der Waals surface area contributed by atoms with E-state index in [0.717, 1.165) is 12.8 Å². The number of halogens is 2. The molecule has 2 heterocycles. The number of benzene rings is 1. The highest BCUT2D eigenvalue weighted by atomic mass is 19.3. The summed E-state index contributed by atoms with van der Waals surface area (Å²) in [6.07, 6.45) is 5.44. The average molecular weight is 291 g/mol. The normalized spacial score (nSPS) is 18.0. The van der Waals surface area contributed by atoms with Crippen LogP contribution in [-0.2, 0) is 5.92 Å². The Morgan fingerprint density at radius 3 is 2.43 bits per heavy atom. The lowest BCUT2D eigenvalue weighted by molar-refractivity contribution is -0.0443. The summed E-state index contributed by atoms with van der Waals surface area (Å²) in [5.41, 5.74) is 0.0965. The summed E-state index contributed by atoms with van der Waals surface area (Å²) in [7, 11) is 0. The van der Waals surface area contributed by atoms with Crippen LogP contribution in [0.2, 0.25) is 0 Å². The third-order valence-electron chi connectivity index (χ3n) is 4.07. The maximum absolute atomic E-state index is 14.3. The molecule has 0 saturated carbocycles. The van der Waals surface area contributed by atoms with Gasteiger partial charge in [0.05, 0.1) is 12.6 Å². The molecule has 0 N–H and O–H groups in total. The number of hydrogen-bond donors (Lipinski definition) is 0. The van der Waals surface area contributed by atoms with E-state index in [4.69, 9.17) is 0 Å². The number of piperidine rings is 1. The molecule has 0 atom stereocenters. The van der Waals surface area contributed by atoms with Crippen LogP contribution in [0.3, 0.4) is 0 Å². The third kappa shape index (κ3) is 3.29. The molecule has 1 aliphatic rings. The van der Waals surface area contributed by atoms with Crippen molar-refractivity contribution < 1.29 is 8.78 Å². The third-order valence-corrected chi connectivity index (χ3v) is 4.07. The molecular formula is C16H19F2N3. The maximum atomic E-state index is 14.3. The van der Waals surface area contributed by atoms with E-state index >= 15 is 0 Å². The van der Waals surface area contributed by atoms with Crippen LogP contribution in [0.1, 0.15) is 24.4 Å². The Morgan fingerprint density at radius 2 is 1.81 bits per heavy atom. The summed E-state index contributed by atoms with van der Waals surface area (Å²) < 4.78 is 30.4. The highest BCUT2D eigenvalue weighted by Gasteiger charge is 2.35. The molecule has 1 aliphatic heterocycles. The smallest absolute Gasteiger partial charge is 0.285 e. The molecule has 3 nitrogen and oxygen atoms in total. The molecule has 1 aromatic heterocycles. The van der Waals surface area contributed by atoms with E-state index in [9.17, 15) is 8.78 Å². The molecule has 0 unspecified atom stereocenters. The number of likely N-dealkylation sites (tertiary alicyclic amines) is 1. The van der Waals surface area contributed by atoms with E-state index in [1.165, 1.54) is 12.1 Å². The second kappa shape index (κ2) is 5.93. The highest BCUT2D eigenvalue weighted by Crippen LogP contribution is 2.31. The van der Waals surface area contributed by atoms with Crippen molar-refractivity contribution in [3.8, 4) is 0 Å². The molecule has 2 aromatic rings. The van der Waals surface area contributed by atoms with Gasteiger partial charge in [0.2, 0.25) is 0 Å². The Bertz CT molecular complexity index is 546. The number of nitrogens with zero attached hydrogens (tertiary/aromatic N) is 3. The number of alkyl halides is 2. The lowest BCUT2D eigenvalue weighted by Crippen LogP contribution is -2.41. The molecule has 5 heteroatoms. The van der Waals surface area contributed by atoms with Gasteiger partial charge in [-0.2, -0.15) is 13.9 Å². The van der Waals surface area contributed by atoms with Gasteiger partial charge in [0.1, 0.15) is 0 Å². The number of aromatic nitrogens is 2. The maximum Gasteiger partial charge on any atom is 0.285 e. The predicted octanol–water partition coefficient (Wildman–Crippen LogP) is 3.31. The first-order chi connectivity index (χ1) is 10.1. The molecule has 0 amide bonds. The van der Waals surface area contributed by atoms with Crippen molar-refractivity contribution in [1.29, 1.82) is 0 Å². The highest BCUT2D eigenvalue weighted by molar-refractivity contribution is 5.20. The minimum Gasteiger partial charge on any atom is -0.297 e. The second-order valence-corrected chi connectivity index (χ2v) is 5.56. The van der Waals surface area contributed by atoms with Crippen molar-refractivity contribution in [2.24, 2.45) is 0 Å². The van der Waals surface area contributed by atoms with Crippen molar-refractivity contribution in [2.45, 2.75) is 24.8 Å². The van der Waals surface area contributed by atoms with Crippen molar-refractivity contribution >= 4 is 0 Å². The van der Waals surface area contributed by atoms with Gasteiger partial charge >= 0.3 is 0 Å². The molecule has 0 radical (unpaired) electrons. The van der Waals surface area contributed by atoms with Gasteiger partial charge in [0.25, 0.3) is 5.92 Å². The van der Waals surface area contributed by atoms with Crippen LogP contribution in [0.4, 0.5) is 8.78 Å². The summed E-state index contributed by atoms with van der Waals surface area (Å²) in [6, 6.07) is 10.3. The lowest BCUT2D eigenvalue weighted by atomic mass is 10.0. The van der Waals surface area contributed by atoms with Gasteiger partial charge in [-0.25, -0.2) is 0 Å². The molecule has 1 saturated heterocycles. The molecule has 112 valence electrons. The monoisotopic (exact) mass is 291 g/mol. The number of hydrogen-bond acceptors (Lipinski definition) is 2. The fraction of sp³-hybridized carbons (Fsp3) is 0.438. The first-order valence-electron chi connectivity index (χ1n) is 7.30. The SMILES string of the molecule is FC(F)(CN1CCC(n2cccn2)CC1)c1ccccc1. The van der Waals surface area contributed by atoms with E-state index in [2.05, 4.69) is 5.10 Å². The minimum atomic E-state index is -2.79. The molecule has 0 spiro atoms. The van der Waals surface area contributed by atoms with E-state index in [0.29, 0.717) is 19.1 Å². The van der Waals surface area contributed by atoms with Crippen LogP contribution in [0.5, 0.6) is 0 Å². The van der Waals surface area contributed by atoms with Crippen LogP contribution in [0, 0.1) is 0 Å². The minimum absolute atomic E-state index is 0.0965. The zero-order chi connectivity index (χ0) is 14.7. The molecule has 1 fully saturated rings. The second-order valence-electron chi connectivity index (χ2n) is 5.56. The standard InChI is InChI=1S/C16H19F2N3/c17-16(18,14-5-2-1-3-6-14)13-20-11-7-15(8-12-20)21-10-4-9-19-21/h1-6,9-10,15H,7-8,11-13H2. The van der Waals surface area contributed by atoms with Crippen LogP contribution >= 0.6 is 0 Å². The fourth-order valence-corrected chi connectivity index (χ4v) is 2.89. The molecule has 0 aliphatic carbocycles. The first kappa shape index (κ1) is 14.2. The van der Waals surface area contributed by atoms with Crippen molar-refractivity contribution in [3.05, 3.63) is 54.4 Å².